The molecule has 0 aromatic carbocycles. The number of rotatable bonds is 5. The van der Waals surface area contributed by atoms with Crippen molar-refractivity contribution in [3.8, 4) is 0 Å². The SMILES string of the molecule is C[C@H](NC(=O)OC(C)(C)C)C(=O)NC[C@H](N)C(=O)O. The third kappa shape index (κ3) is 7.98. The van der Waals surface area contributed by atoms with Crippen molar-refractivity contribution in [1.82, 2.24) is 10.6 Å². The second-order valence-corrected chi connectivity index (χ2v) is 5.06. The monoisotopic (exact) mass is 275 g/mol. The van der Waals surface area contributed by atoms with Gasteiger partial charge in [0.05, 0.1) is 0 Å². The van der Waals surface area contributed by atoms with Crippen molar-refractivity contribution in [2.24, 2.45) is 5.73 Å². The van der Waals surface area contributed by atoms with E-state index in [-0.39, 0.29) is 6.54 Å². The summed E-state index contributed by atoms with van der Waals surface area (Å²) in [5, 5.41) is 13.2. The van der Waals surface area contributed by atoms with Gasteiger partial charge in [-0.2, -0.15) is 0 Å². The number of nitrogens with one attached hydrogen (secondary N) is 2. The van der Waals surface area contributed by atoms with Gasteiger partial charge in [-0.15, -0.1) is 0 Å². The molecule has 0 saturated heterocycles. The summed E-state index contributed by atoms with van der Waals surface area (Å²) >= 11 is 0. The van der Waals surface area contributed by atoms with Crippen LogP contribution in [0.25, 0.3) is 0 Å². The maximum atomic E-state index is 11.5. The number of amides is 2. The van der Waals surface area contributed by atoms with Gasteiger partial charge in [-0.1, -0.05) is 0 Å². The third-order valence-electron chi connectivity index (χ3n) is 1.94. The zero-order chi connectivity index (χ0) is 15.2. The minimum absolute atomic E-state index is 0.214. The molecule has 0 aliphatic rings. The molecular formula is C11H21N3O5. The summed E-state index contributed by atoms with van der Waals surface area (Å²) in [7, 11) is 0. The van der Waals surface area contributed by atoms with Crippen molar-refractivity contribution in [1.29, 1.82) is 0 Å². The molecule has 0 fully saturated rings. The fraction of sp³-hybridized carbons (Fsp3) is 0.727. The van der Waals surface area contributed by atoms with E-state index in [0.717, 1.165) is 0 Å². The van der Waals surface area contributed by atoms with Gasteiger partial charge in [0.25, 0.3) is 0 Å². The number of carbonyl (C=O) groups excluding carboxylic acids is 2. The molecule has 0 radical (unpaired) electrons. The van der Waals surface area contributed by atoms with Gasteiger partial charge in [0.15, 0.2) is 0 Å². The number of carbonyl (C=O) groups is 3. The Morgan fingerprint density at radius 3 is 2.26 bits per heavy atom. The lowest BCUT2D eigenvalue weighted by Gasteiger charge is -2.21. The first-order valence-electron chi connectivity index (χ1n) is 5.78. The van der Waals surface area contributed by atoms with Crippen LogP contribution < -0.4 is 16.4 Å². The third-order valence-corrected chi connectivity index (χ3v) is 1.94. The van der Waals surface area contributed by atoms with E-state index in [0.29, 0.717) is 0 Å². The molecule has 0 unspecified atom stereocenters. The molecule has 5 N–H and O–H groups in total. The molecule has 8 heteroatoms. The summed E-state index contributed by atoms with van der Waals surface area (Å²) in [6.07, 6.45) is -0.724. The zero-order valence-electron chi connectivity index (χ0n) is 11.5. The Morgan fingerprint density at radius 1 is 1.32 bits per heavy atom. The number of carboxylic acid groups (broad SMARTS) is 1. The number of hydrogen-bond donors (Lipinski definition) is 4. The Balaban J connectivity index is 4.14. The van der Waals surface area contributed by atoms with Gasteiger partial charge >= 0.3 is 12.1 Å². The van der Waals surface area contributed by atoms with E-state index in [1.807, 2.05) is 0 Å². The molecule has 0 rings (SSSR count). The fourth-order valence-electron chi connectivity index (χ4n) is 1.00. The summed E-state index contributed by atoms with van der Waals surface area (Å²) in [6.45, 7) is 6.33. The van der Waals surface area contributed by atoms with Crippen LogP contribution in [0.3, 0.4) is 0 Å². The lowest BCUT2D eigenvalue weighted by Crippen LogP contribution is -2.50. The highest BCUT2D eigenvalue weighted by atomic mass is 16.6. The van der Waals surface area contributed by atoms with E-state index in [9.17, 15) is 14.4 Å². The number of carboxylic acids is 1. The quantitative estimate of drug-likeness (QED) is 0.531. The van der Waals surface area contributed by atoms with Crippen LogP contribution in [0.15, 0.2) is 0 Å². The van der Waals surface area contributed by atoms with Gasteiger partial charge in [0.1, 0.15) is 17.7 Å². The number of ether oxygens (including phenoxy) is 1. The first-order chi connectivity index (χ1) is 8.53. The highest BCUT2D eigenvalue weighted by molar-refractivity contribution is 5.85. The summed E-state index contributed by atoms with van der Waals surface area (Å²) in [6, 6.07) is -2.03. The van der Waals surface area contributed by atoms with Gasteiger partial charge in [0.2, 0.25) is 5.91 Å². The Bertz CT molecular complexity index is 351. The molecule has 19 heavy (non-hydrogen) atoms. The average Bonchev–Trinajstić information content (AvgIpc) is 2.21. The fourth-order valence-corrected chi connectivity index (χ4v) is 1.00. The Morgan fingerprint density at radius 2 is 1.84 bits per heavy atom. The number of nitrogens with two attached hydrogens (primary N) is 1. The first-order valence-corrected chi connectivity index (χ1v) is 5.78. The summed E-state index contributed by atoms with van der Waals surface area (Å²) in [5.41, 5.74) is 4.56. The van der Waals surface area contributed by atoms with Crippen LogP contribution in [0.4, 0.5) is 4.79 Å². The summed E-state index contributed by atoms with van der Waals surface area (Å²) < 4.78 is 4.97. The molecule has 2 amide bonds. The largest absolute Gasteiger partial charge is 0.480 e. The first kappa shape index (κ1) is 17.2. The normalized spacial score (nSPS) is 14.2. The van der Waals surface area contributed by atoms with E-state index < -0.39 is 35.7 Å². The highest BCUT2D eigenvalue weighted by Crippen LogP contribution is 2.06. The Hall–Kier alpha value is -1.83. The summed E-state index contributed by atoms with van der Waals surface area (Å²) in [5.74, 6) is -1.75. The van der Waals surface area contributed by atoms with Crippen molar-refractivity contribution in [3.05, 3.63) is 0 Å². The van der Waals surface area contributed by atoms with E-state index in [2.05, 4.69) is 10.6 Å². The Kier molecular flexibility index (Phi) is 6.26. The summed E-state index contributed by atoms with van der Waals surface area (Å²) in [4.78, 5) is 33.4. The second kappa shape index (κ2) is 6.93. The van der Waals surface area contributed by atoms with Crippen molar-refractivity contribution in [3.63, 3.8) is 0 Å². The zero-order valence-corrected chi connectivity index (χ0v) is 11.5. The minimum atomic E-state index is -1.21. The van der Waals surface area contributed by atoms with Crippen LogP contribution >= 0.6 is 0 Å². The molecule has 0 bridgehead atoms. The predicted octanol–water partition coefficient (Wildman–Crippen LogP) is -0.572. The molecule has 0 aliphatic carbocycles. The maximum absolute atomic E-state index is 11.5. The van der Waals surface area contributed by atoms with Crippen molar-refractivity contribution in [2.45, 2.75) is 45.4 Å². The van der Waals surface area contributed by atoms with E-state index >= 15 is 0 Å². The van der Waals surface area contributed by atoms with Gasteiger partial charge < -0.3 is 26.2 Å². The van der Waals surface area contributed by atoms with Crippen molar-refractivity contribution in [2.75, 3.05) is 6.54 Å². The van der Waals surface area contributed by atoms with E-state index in [4.69, 9.17) is 15.6 Å². The van der Waals surface area contributed by atoms with Crippen LogP contribution in [0.2, 0.25) is 0 Å². The average molecular weight is 275 g/mol. The molecular weight excluding hydrogens is 254 g/mol. The molecule has 0 aromatic rings. The Labute approximate surface area is 111 Å². The molecule has 0 spiro atoms. The molecule has 0 aromatic heterocycles. The number of alkyl carbamates (subject to hydrolysis) is 1. The standard InChI is InChI=1S/C11H21N3O5/c1-6(14-10(18)19-11(2,3)4)8(15)13-5-7(12)9(16)17/h6-7H,5,12H2,1-4H3,(H,13,15)(H,14,18)(H,16,17)/t6-,7-/m0/s1. The van der Waals surface area contributed by atoms with Crippen LogP contribution in [0, 0.1) is 0 Å². The van der Waals surface area contributed by atoms with Gasteiger partial charge in [-0.05, 0) is 27.7 Å². The van der Waals surface area contributed by atoms with Crippen molar-refractivity contribution >= 4 is 18.0 Å². The smallest absolute Gasteiger partial charge is 0.408 e. The van der Waals surface area contributed by atoms with E-state index in [1.165, 1.54) is 6.92 Å². The van der Waals surface area contributed by atoms with Crippen LogP contribution in [-0.2, 0) is 14.3 Å². The van der Waals surface area contributed by atoms with Gasteiger partial charge in [-0.3, -0.25) is 9.59 Å². The van der Waals surface area contributed by atoms with Crippen LogP contribution in [-0.4, -0.2) is 47.3 Å². The highest BCUT2D eigenvalue weighted by Gasteiger charge is 2.21. The second-order valence-electron chi connectivity index (χ2n) is 5.06. The molecule has 0 saturated carbocycles. The topological polar surface area (TPSA) is 131 Å². The number of hydrogen-bond acceptors (Lipinski definition) is 5. The minimum Gasteiger partial charge on any atom is -0.480 e. The predicted molar refractivity (Wildman–Crippen MR) is 67.5 cm³/mol. The van der Waals surface area contributed by atoms with Crippen LogP contribution in [0.5, 0.6) is 0 Å². The van der Waals surface area contributed by atoms with Crippen molar-refractivity contribution < 1.29 is 24.2 Å². The molecule has 0 heterocycles. The maximum Gasteiger partial charge on any atom is 0.408 e. The van der Waals surface area contributed by atoms with Crippen LogP contribution in [0.1, 0.15) is 27.7 Å². The lowest BCUT2D eigenvalue weighted by atomic mass is 10.2. The van der Waals surface area contributed by atoms with E-state index in [1.54, 1.807) is 20.8 Å². The number of aliphatic carboxylic acids is 1. The lowest BCUT2D eigenvalue weighted by molar-refractivity contribution is -0.138. The molecule has 0 aliphatic heterocycles. The molecule has 2 atom stereocenters. The van der Waals surface area contributed by atoms with Gasteiger partial charge in [-0.25, -0.2) is 4.79 Å². The molecule has 8 nitrogen and oxygen atoms in total. The van der Waals surface area contributed by atoms with Gasteiger partial charge in [0, 0.05) is 6.54 Å². The molecule has 110 valence electrons.